The van der Waals surface area contributed by atoms with E-state index in [4.69, 9.17) is 4.74 Å². The molecule has 2 atom stereocenters. The maximum Gasteiger partial charge on any atom is 0.228 e. The first-order valence-corrected chi connectivity index (χ1v) is 8.52. The second-order valence-electron chi connectivity index (χ2n) is 6.46. The number of hydrogen-bond donors (Lipinski definition) is 0. The Labute approximate surface area is 131 Å². The van der Waals surface area contributed by atoms with Gasteiger partial charge < -0.3 is 9.64 Å². The van der Waals surface area contributed by atoms with Crippen LogP contribution in [-0.4, -0.2) is 51.6 Å². The van der Waals surface area contributed by atoms with Crippen LogP contribution in [0.4, 0.5) is 0 Å². The highest BCUT2D eigenvalue weighted by Gasteiger charge is 2.35. The van der Waals surface area contributed by atoms with Crippen LogP contribution in [0.15, 0.2) is 12.4 Å². The summed E-state index contributed by atoms with van der Waals surface area (Å²) in [5.41, 5.74) is 0. The van der Waals surface area contributed by atoms with Crippen LogP contribution < -0.4 is 0 Å². The molecule has 22 heavy (non-hydrogen) atoms. The maximum absolute atomic E-state index is 12.8. The fourth-order valence-electron chi connectivity index (χ4n) is 3.69. The topological polar surface area (TPSA) is 60.2 Å². The Hall–Kier alpha value is -1.43. The zero-order chi connectivity index (χ0) is 15.4. The SMILES string of the molecule is CC[C@@H]1OCCC[C@@H]1C(=O)N1CCC(Cn2ccnn2)CC1. The van der Waals surface area contributed by atoms with Gasteiger partial charge in [0.05, 0.1) is 18.2 Å². The molecular weight excluding hydrogens is 280 g/mol. The van der Waals surface area contributed by atoms with Crippen molar-refractivity contribution in [2.45, 2.75) is 51.7 Å². The van der Waals surface area contributed by atoms with Crippen molar-refractivity contribution < 1.29 is 9.53 Å². The van der Waals surface area contributed by atoms with E-state index in [1.807, 2.05) is 10.9 Å². The third-order valence-corrected chi connectivity index (χ3v) is 5.00. The smallest absolute Gasteiger partial charge is 0.228 e. The van der Waals surface area contributed by atoms with E-state index in [2.05, 4.69) is 22.1 Å². The number of rotatable bonds is 4. The molecule has 122 valence electrons. The van der Waals surface area contributed by atoms with Gasteiger partial charge in [-0.25, -0.2) is 0 Å². The van der Waals surface area contributed by atoms with Gasteiger partial charge in [0.25, 0.3) is 0 Å². The van der Waals surface area contributed by atoms with Crippen LogP contribution in [-0.2, 0) is 16.1 Å². The second kappa shape index (κ2) is 7.22. The molecule has 1 aromatic rings. The Morgan fingerprint density at radius 3 is 2.82 bits per heavy atom. The van der Waals surface area contributed by atoms with Crippen molar-refractivity contribution in [2.24, 2.45) is 11.8 Å². The van der Waals surface area contributed by atoms with Crippen molar-refractivity contribution in [1.82, 2.24) is 19.9 Å². The van der Waals surface area contributed by atoms with E-state index in [-0.39, 0.29) is 12.0 Å². The average molecular weight is 306 g/mol. The summed E-state index contributed by atoms with van der Waals surface area (Å²) < 4.78 is 7.67. The van der Waals surface area contributed by atoms with Gasteiger partial charge in [0, 0.05) is 32.4 Å². The number of likely N-dealkylation sites (tertiary alicyclic amines) is 1. The summed E-state index contributed by atoms with van der Waals surface area (Å²) >= 11 is 0. The highest BCUT2D eigenvalue weighted by atomic mass is 16.5. The normalized spacial score (nSPS) is 27.0. The molecule has 0 aromatic carbocycles. The van der Waals surface area contributed by atoms with Crippen LogP contribution in [0.5, 0.6) is 0 Å². The van der Waals surface area contributed by atoms with Crippen LogP contribution in [0.3, 0.4) is 0 Å². The van der Waals surface area contributed by atoms with Gasteiger partial charge in [0.1, 0.15) is 0 Å². The van der Waals surface area contributed by atoms with Crippen molar-refractivity contribution in [1.29, 1.82) is 0 Å². The summed E-state index contributed by atoms with van der Waals surface area (Å²) in [4.78, 5) is 14.8. The maximum atomic E-state index is 12.8. The summed E-state index contributed by atoms with van der Waals surface area (Å²) in [7, 11) is 0. The Kier molecular flexibility index (Phi) is 5.08. The second-order valence-corrected chi connectivity index (χ2v) is 6.46. The van der Waals surface area contributed by atoms with Gasteiger partial charge in [-0.2, -0.15) is 0 Å². The van der Waals surface area contributed by atoms with E-state index in [1.54, 1.807) is 6.20 Å². The van der Waals surface area contributed by atoms with E-state index >= 15 is 0 Å². The molecular formula is C16H26N4O2. The minimum Gasteiger partial charge on any atom is -0.377 e. The van der Waals surface area contributed by atoms with Crippen LogP contribution in [0.1, 0.15) is 39.0 Å². The van der Waals surface area contributed by atoms with Gasteiger partial charge in [-0.1, -0.05) is 12.1 Å². The summed E-state index contributed by atoms with van der Waals surface area (Å²) in [5.74, 6) is 0.978. The summed E-state index contributed by atoms with van der Waals surface area (Å²) in [6, 6.07) is 0. The highest BCUT2D eigenvalue weighted by molar-refractivity contribution is 5.79. The first-order chi connectivity index (χ1) is 10.8. The van der Waals surface area contributed by atoms with Crippen molar-refractivity contribution in [2.75, 3.05) is 19.7 Å². The van der Waals surface area contributed by atoms with E-state index in [1.165, 1.54) is 0 Å². The average Bonchev–Trinajstić information content (AvgIpc) is 3.08. The number of nitrogens with zero attached hydrogens (tertiary/aromatic N) is 4. The fraction of sp³-hybridized carbons (Fsp3) is 0.812. The van der Waals surface area contributed by atoms with Crippen LogP contribution in [0.25, 0.3) is 0 Å². The zero-order valence-electron chi connectivity index (χ0n) is 13.4. The van der Waals surface area contributed by atoms with E-state index in [0.29, 0.717) is 11.8 Å². The molecule has 6 nitrogen and oxygen atoms in total. The van der Waals surface area contributed by atoms with E-state index < -0.39 is 0 Å². The lowest BCUT2D eigenvalue weighted by Crippen LogP contribution is -2.47. The first kappa shape index (κ1) is 15.5. The van der Waals surface area contributed by atoms with Gasteiger partial charge in [-0.05, 0) is 38.0 Å². The standard InChI is InChI=1S/C16H26N4O2/c1-2-15-14(4-3-11-22-15)16(21)19-8-5-13(6-9-19)12-20-10-7-17-18-20/h7,10,13-15H,2-6,8-9,11-12H2,1H3/t14-,15-/m0/s1. The zero-order valence-corrected chi connectivity index (χ0v) is 13.4. The molecule has 0 saturated carbocycles. The van der Waals surface area contributed by atoms with Gasteiger partial charge in [0.15, 0.2) is 0 Å². The van der Waals surface area contributed by atoms with Crippen LogP contribution in [0.2, 0.25) is 0 Å². The molecule has 0 radical (unpaired) electrons. The number of piperidine rings is 1. The third-order valence-electron chi connectivity index (χ3n) is 5.00. The lowest BCUT2D eigenvalue weighted by atomic mass is 9.89. The van der Waals surface area contributed by atoms with E-state index in [0.717, 1.165) is 58.3 Å². The molecule has 1 aromatic heterocycles. The van der Waals surface area contributed by atoms with E-state index in [9.17, 15) is 4.79 Å². The molecule has 0 spiro atoms. The predicted molar refractivity (Wildman–Crippen MR) is 82.1 cm³/mol. The number of carbonyl (C=O) groups excluding carboxylic acids is 1. The molecule has 2 aliphatic rings. The predicted octanol–water partition coefficient (Wildman–Crippen LogP) is 1.72. The number of carbonyl (C=O) groups is 1. The molecule has 2 aliphatic heterocycles. The molecule has 6 heteroatoms. The molecule has 3 rings (SSSR count). The molecule has 2 fully saturated rings. The Morgan fingerprint density at radius 2 is 2.14 bits per heavy atom. The highest BCUT2D eigenvalue weighted by Crippen LogP contribution is 2.27. The molecule has 0 bridgehead atoms. The number of aromatic nitrogens is 3. The monoisotopic (exact) mass is 306 g/mol. The summed E-state index contributed by atoms with van der Waals surface area (Å²) in [5, 5.41) is 7.87. The van der Waals surface area contributed by atoms with Gasteiger partial charge in [-0.15, -0.1) is 5.10 Å². The number of amides is 1. The van der Waals surface area contributed by atoms with Gasteiger partial charge >= 0.3 is 0 Å². The summed E-state index contributed by atoms with van der Waals surface area (Å²) in [6.45, 7) is 5.56. The molecule has 2 saturated heterocycles. The van der Waals surface area contributed by atoms with Gasteiger partial charge in [-0.3, -0.25) is 9.48 Å². The van der Waals surface area contributed by atoms with Crippen LogP contribution in [0, 0.1) is 11.8 Å². The third kappa shape index (κ3) is 3.48. The minimum absolute atomic E-state index is 0.0746. The quantitative estimate of drug-likeness (QED) is 0.850. The molecule has 0 aliphatic carbocycles. The Morgan fingerprint density at radius 1 is 1.32 bits per heavy atom. The molecule has 0 unspecified atom stereocenters. The number of ether oxygens (including phenoxy) is 1. The minimum atomic E-state index is 0.0746. The lowest BCUT2D eigenvalue weighted by molar-refractivity contribution is -0.146. The largest absolute Gasteiger partial charge is 0.377 e. The van der Waals surface area contributed by atoms with Gasteiger partial charge in [0.2, 0.25) is 5.91 Å². The molecule has 1 amide bonds. The van der Waals surface area contributed by atoms with Crippen molar-refractivity contribution in [3.8, 4) is 0 Å². The lowest BCUT2D eigenvalue weighted by Gasteiger charge is -2.37. The molecule has 0 N–H and O–H groups in total. The van der Waals surface area contributed by atoms with Crippen molar-refractivity contribution >= 4 is 5.91 Å². The van der Waals surface area contributed by atoms with Crippen LogP contribution >= 0.6 is 0 Å². The van der Waals surface area contributed by atoms with Crippen molar-refractivity contribution in [3.63, 3.8) is 0 Å². The number of hydrogen-bond acceptors (Lipinski definition) is 4. The summed E-state index contributed by atoms with van der Waals surface area (Å²) in [6.07, 6.45) is 8.76. The Bertz CT molecular complexity index is 469. The fourth-order valence-corrected chi connectivity index (χ4v) is 3.69. The molecule has 3 heterocycles. The Balaban J connectivity index is 1.51. The first-order valence-electron chi connectivity index (χ1n) is 8.52. The van der Waals surface area contributed by atoms with Crippen molar-refractivity contribution in [3.05, 3.63) is 12.4 Å².